The van der Waals surface area contributed by atoms with E-state index in [-0.39, 0.29) is 5.91 Å². The molecule has 0 fully saturated rings. The van der Waals surface area contributed by atoms with Crippen LogP contribution in [0.15, 0.2) is 36.8 Å². The molecule has 1 heterocycles. The molecule has 26 heavy (non-hydrogen) atoms. The van der Waals surface area contributed by atoms with Crippen LogP contribution in [0.5, 0.6) is 5.75 Å². The maximum Gasteiger partial charge on any atom is 0.244 e. The van der Waals surface area contributed by atoms with Crippen LogP contribution in [0.2, 0.25) is 0 Å². The summed E-state index contributed by atoms with van der Waals surface area (Å²) < 4.78 is 5.40. The van der Waals surface area contributed by atoms with Gasteiger partial charge in [-0.05, 0) is 30.2 Å². The highest BCUT2D eigenvalue weighted by atomic mass is 16.5. The summed E-state index contributed by atoms with van der Waals surface area (Å²) in [6, 6.07) is 5.85. The maximum atomic E-state index is 11.9. The number of hydrogen-bond acceptors (Lipinski definition) is 4. The van der Waals surface area contributed by atoms with Crippen LogP contribution in [0.4, 0.5) is 5.69 Å². The minimum atomic E-state index is -0.117. The molecule has 0 radical (unpaired) electrons. The van der Waals surface area contributed by atoms with Crippen molar-refractivity contribution in [2.75, 3.05) is 25.5 Å². The molecular formula is C20H28N4O2. The van der Waals surface area contributed by atoms with E-state index in [0.717, 1.165) is 35.7 Å². The highest BCUT2D eigenvalue weighted by molar-refractivity contribution is 5.91. The van der Waals surface area contributed by atoms with Crippen LogP contribution in [-0.2, 0) is 11.2 Å². The van der Waals surface area contributed by atoms with E-state index in [2.05, 4.69) is 27.5 Å². The summed E-state index contributed by atoms with van der Waals surface area (Å²) in [6.07, 6.45) is 11.0. The monoisotopic (exact) mass is 356 g/mol. The molecule has 6 heteroatoms. The summed E-state index contributed by atoms with van der Waals surface area (Å²) in [5, 5.41) is 6.26. The van der Waals surface area contributed by atoms with Crippen LogP contribution < -0.4 is 15.4 Å². The van der Waals surface area contributed by atoms with Crippen LogP contribution >= 0.6 is 0 Å². The number of imidazole rings is 1. The Balaban J connectivity index is 1.86. The van der Waals surface area contributed by atoms with Gasteiger partial charge in [0, 0.05) is 31.8 Å². The number of ether oxygens (including phenoxy) is 1. The van der Waals surface area contributed by atoms with Crippen molar-refractivity contribution in [3.8, 4) is 5.75 Å². The van der Waals surface area contributed by atoms with E-state index in [0.29, 0.717) is 13.0 Å². The Morgan fingerprint density at radius 1 is 1.31 bits per heavy atom. The molecule has 1 aromatic heterocycles. The quantitative estimate of drug-likeness (QED) is 0.426. The second-order valence-corrected chi connectivity index (χ2v) is 6.03. The van der Waals surface area contributed by atoms with E-state index >= 15 is 0 Å². The molecule has 140 valence electrons. The van der Waals surface area contributed by atoms with E-state index in [1.807, 2.05) is 24.4 Å². The van der Waals surface area contributed by atoms with E-state index in [1.165, 1.54) is 12.8 Å². The van der Waals surface area contributed by atoms with Gasteiger partial charge in [-0.25, -0.2) is 4.98 Å². The van der Waals surface area contributed by atoms with Crippen molar-refractivity contribution < 1.29 is 9.53 Å². The van der Waals surface area contributed by atoms with E-state index < -0.39 is 0 Å². The van der Waals surface area contributed by atoms with Crippen LogP contribution in [-0.4, -0.2) is 36.1 Å². The number of hydrogen-bond donors (Lipinski definition) is 3. The number of amides is 1. The number of aromatic nitrogens is 2. The summed E-state index contributed by atoms with van der Waals surface area (Å²) in [6.45, 7) is 3.65. The lowest BCUT2D eigenvalue weighted by Gasteiger charge is -2.12. The van der Waals surface area contributed by atoms with Gasteiger partial charge >= 0.3 is 0 Å². The zero-order chi connectivity index (χ0) is 18.6. The molecule has 2 aromatic rings. The minimum Gasteiger partial charge on any atom is -0.495 e. The second-order valence-electron chi connectivity index (χ2n) is 6.03. The van der Waals surface area contributed by atoms with Gasteiger partial charge < -0.3 is 20.4 Å². The van der Waals surface area contributed by atoms with Crippen molar-refractivity contribution >= 4 is 17.7 Å². The number of nitrogens with zero attached hydrogens (tertiary/aromatic N) is 1. The number of benzene rings is 1. The van der Waals surface area contributed by atoms with Gasteiger partial charge in [-0.1, -0.05) is 25.8 Å². The summed E-state index contributed by atoms with van der Waals surface area (Å²) >= 11 is 0. The number of nitrogens with one attached hydrogen (secondary N) is 3. The van der Waals surface area contributed by atoms with Gasteiger partial charge in [0.25, 0.3) is 0 Å². The molecule has 0 aliphatic carbocycles. The summed E-state index contributed by atoms with van der Waals surface area (Å²) in [4.78, 5) is 19.0. The van der Waals surface area contributed by atoms with E-state index in [4.69, 9.17) is 4.74 Å². The van der Waals surface area contributed by atoms with Gasteiger partial charge in [0.2, 0.25) is 5.91 Å². The molecule has 0 unspecified atom stereocenters. The number of carbonyl (C=O) groups excluding carboxylic acids is 1. The van der Waals surface area contributed by atoms with Crippen molar-refractivity contribution in [2.45, 2.75) is 32.6 Å². The average Bonchev–Trinajstić information content (AvgIpc) is 3.17. The molecule has 0 aliphatic heterocycles. The van der Waals surface area contributed by atoms with Gasteiger partial charge in [0.1, 0.15) is 5.75 Å². The fourth-order valence-electron chi connectivity index (χ4n) is 2.54. The predicted octanol–water partition coefficient (Wildman–Crippen LogP) is 3.39. The number of H-pyrrole nitrogens is 1. The van der Waals surface area contributed by atoms with Gasteiger partial charge in [0.05, 0.1) is 24.8 Å². The standard InChI is InChI=1S/C20H28N4O2/c1-3-4-5-11-22-18-13-16(6-8-19(18)26-2)7-9-20(25)23-12-10-17-14-21-15-24-17/h6-9,13-15,22H,3-5,10-12H2,1-2H3,(H,21,24)(H,23,25)/b9-7+. The number of rotatable bonds is 11. The van der Waals surface area contributed by atoms with Gasteiger partial charge in [-0.3, -0.25) is 4.79 Å². The smallest absolute Gasteiger partial charge is 0.244 e. The normalized spacial score (nSPS) is 10.8. The molecule has 0 atom stereocenters. The first-order valence-corrected chi connectivity index (χ1v) is 9.08. The number of unbranched alkanes of at least 4 members (excludes halogenated alkanes) is 2. The third-order valence-corrected chi connectivity index (χ3v) is 3.98. The topological polar surface area (TPSA) is 79.0 Å². The first kappa shape index (κ1) is 19.6. The fourth-order valence-corrected chi connectivity index (χ4v) is 2.54. The number of aromatic amines is 1. The molecule has 0 spiro atoms. The molecule has 0 bridgehead atoms. The molecular weight excluding hydrogens is 328 g/mol. The second kappa shape index (κ2) is 11.0. The molecule has 0 saturated carbocycles. The Labute approximate surface area is 155 Å². The van der Waals surface area contributed by atoms with Crippen molar-refractivity contribution in [2.24, 2.45) is 0 Å². The maximum absolute atomic E-state index is 11.9. The molecule has 1 amide bonds. The summed E-state index contributed by atoms with van der Waals surface area (Å²) in [5.41, 5.74) is 2.83. The SMILES string of the molecule is CCCCCNc1cc(/C=C/C(=O)NCCc2c[nH]cn2)ccc1OC. The molecule has 0 aliphatic rings. The summed E-state index contributed by atoms with van der Waals surface area (Å²) in [5.74, 6) is 0.691. The zero-order valence-electron chi connectivity index (χ0n) is 15.5. The molecule has 3 N–H and O–H groups in total. The number of carbonyl (C=O) groups is 1. The predicted molar refractivity (Wildman–Crippen MR) is 105 cm³/mol. The third-order valence-electron chi connectivity index (χ3n) is 3.98. The van der Waals surface area contributed by atoms with Crippen molar-refractivity contribution in [3.63, 3.8) is 0 Å². The Hall–Kier alpha value is -2.76. The Morgan fingerprint density at radius 2 is 2.19 bits per heavy atom. The van der Waals surface area contributed by atoms with E-state index in [9.17, 15) is 4.79 Å². The average molecular weight is 356 g/mol. The van der Waals surface area contributed by atoms with Crippen LogP contribution in [0, 0.1) is 0 Å². The van der Waals surface area contributed by atoms with Gasteiger partial charge in [-0.15, -0.1) is 0 Å². The molecule has 0 saturated heterocycles. The van der Waals surface area contributed by atoms with Crippen molar-refractivity contribution in [1.29, 1.82) is 0 Å². The van der Waals surface area contributed by atoms with Gasteiger partial charge in [0.15, 0.2) is 0 Å². The van der Waals surface area contributed by atoms with Crippen molar-refractivity contribution in [1.82, 2.24) is 15.3 Å². The highest BCUT2D eigenvalue weighted by Gasteiger charge is 2.03. The number of anilines is 1. The van der Waals surface area contributed by atoms with Crippen LogP contribution in [0.25, 0.3) is 6.08 Å². The largest absolute Gasteiger partial charge is 0.495 e. The third kappa shape index (κ3) is 6.63. The van der Waals surface area contributed by atoms with Crippen molar-refractivity contribution in [3.05, 3.63) is 48.1 Å². The van der Waals surface area contributed by atoms with Crippen LogP contribution in [0.1, 0.15) is 37.4 Å². The number of methoxy groups -OCH3 is 1. The molecule has 6 nitrogen and oxygen atoms in total. The first-order valence-electron chi connectivity index (χ1n) is 9.08. The molecule has 2 rings (SSSR count). The highest BCUT2D eigenvalue weighted by Crippen LogP contribution is 2.26. The zero-order valence-corrected chi connectivity index (χ0v) is 15.5. The lowest BCUT2D eigenvalue weighted by atomic mass is 10.1. The summed E-state index contributed by atoms with van der Waals surface area (Å²) in [7, 11) is 1.66. The fraction of sp³-hybridized carbons (Fsp3) is 0.400. The van der Waals surface area contributed by atoms with Gasteiger partial charge in [-0.2, -0.15) is 0 Å². The van der Waals surface area contributed by atoms with Crippen LogP contribution in [0.3, 0.4) is 0 Å². The lowest BCUT2D eigenvalue weighted by Crippen LogP contribution is -2.23. The Kier molecular flexibility index (Phi) is 8.26. The van der Waals surface area contributed by atoms with E-state index in [1.54, 1.807) is 25.6 Å². The lowest BCUT2D eigenvalue weighted by molar-refractivity contribution is -0.116. The Morgan fingerprint density at radius 3 is 2.92 bits per heavy atom. The Bertz CT molecular complexity index is 696. The first-order chi connectivity index (χ1) is 12.7. The minimum absolute atomic E-state index is 0.117. The molecule has 1 aromatic carbocycles.